The molecule has 0 bridgehead atoms. The molecule has 5 heteroatoms. The van der Waals surface area contributed by atoms with Crippen molar-refractivity contribution in [3.05, 3.63) is 65.7 Å². The van der Waals surface area contributed by atoms with Crippen LogP contribution in [0.3, 0.4) is 0 Å². The van der Waals surface area contributed by atoms with Crippen LogP contribution in [-0.4, -0.2) is 17.1 Å². The van der Waals surface area contributed by atoms with Gasteiger partial charge in [-0.15, -0.1) is 0 Å². The highest BCUT2D eigenvalue weighted by atomic mass is 32.1. The van der Waals surface area contributed by atoms with Gasteiger partial charge in [-0.05, 0) is 49.8 Å². The SMILES string of the molecule is CC(C)NC(=S)Nc1cccc(C(=O)NCc2ccccc2)c1. The van der Waals surface area contributed by atoms with Gasteiger partial charge < -0.3 is 16.0 Å². The molecule has 2 aromatic carbocycles. The summed E-state index contributed by atoms with van der Waals surface area (Å²) in [5.74, 6) is -0.111. The highest BCUT2D eigenvalue weighted by Crippen LogP contribution is 2.11. The normalized spacial score (nSPS) is 10.2. The molecule has 3 N–H and O–H groups in total. The van der Waals surface area contributed by atoms with E-state index in [-0.39, 0.29) is 11.9 Å². The van der Waals surface area contributed by atoms with Crippen LogP contribution in [0.5, 0.6) is 0 Å². The minimum atomic E-state index is -0.111. The smallest absolute Gasteiger partial charge is 0.251 e. The van der Waals surface area contributed by atoms with E-state index in [1.54, 1.807) is 12.1 Å². The molecule has 2 aromatic rings. The van der Waals surface area contributed by atoms with Gasteiger partial charge in [0.05, 0.1) is 0 Å². The third-order valence-electron chi connectivity index (χ3n) is 3.10. The zero-order valence-corrected chi connectivity index (χ0v) is 14.1. The first kappa shape index (κ1) is 17.0. The fourth-order valence-electron chi connectivity index (χ4n) is 2.05. The second-order valence-corrected chi connectivity index (χ2v) is 5.91. The number of nitrogens with one attached hydrogen (secondary N) is 3. The first-order valence-corrected chi connectivity index (χ1v) is 7.95. The topological polar surface area (TPSA) is 53.2 Å². The van der Waals surface area contributed by atoms with Gasteiger partial charge in [-0.25, -0.2) is 0 Å². The van der Waals surface area contributed by atoms with Crippen molar-refractivity contribution < 1.29 is 4.79 Å². The van der Waals surface area contributed by atoms with Crippen LogP contribution >= 0.6 is 12.2 Å². The maximum absolute atomic E-state index is 12.2. The Bertz CT molecular complexity index is 671. The number of anilines is 1. The Morgan fingerprint density at radius 3 is 2.52 bits per heavy atom. The molecule has 0 aliphatic rings. The van der Waals surface area contributed by atoms with Gasteiger partial charge in [0, 0.05) is 23.8 Å². The van der Waals surface area contributed by atoms with Crippen molar-refractivity contribution in [3.63, 3.8) is 0 Å². The molecular formula is C18H21N3OS. The lowest BCUT2D eigenvalue weighted by atomic mass is 10.1. The predicted molar refractivity (Wildman–Crippen MR) is 98.5 cm³/mol. The van der Waals surface area contributed by atoms with Crippen LogP contribution in [0.1, 0.15) is 29.8 Å². The summed E-state index contributed by atoms with van der Waals surface area (Å²) in [6.07, 6.45) is 0. The second-order valence-electron chi connectivity index (χ2n) is 5.50. The summed E-state index contributed by atoms with van der Waals surface area (Å²) in [4.78, 5) is 12.2. The Hall–Kier alpha value is -2.40. The molecular weight excluding hydrogens is 306 g/mol. The average molecular weight is 327 g/mol. The van der Waals surface area contributed by atoms with Crippen LogP contribution in [0.2, 0.25) is 0 Å². The average Bonchev–Trinajstić information content (AvgIpc) is 2.53. The van der Waals surface area contributed by atoms with Crippen molar-refractivity contribution in [1.82, 2.24) is 10.6 Å². The summed E-state index contributed by atoms with van der Waals surface area (Å²) >= 11 is 5.21. The Morgan fingerprint density at radius 1 is 1.09 bits per heavy atom. The first-order chi connectivity index (χ1) is 11.0. The second kappa shape index (κ2) is 8.29. The van der Waals surface area contributed by atoms with E-state index in [9.17, 15) is 4.79 Å². The van der Waals surface area contributed by atoms with E-state index in [1.165, 1.54) is 0 Å². The van der Waals surface area contributed by atoms with Crippen molar-refractivity contribution in [2.75, 3.05) is 5.32 Å². The molecule has 0 unspecified atom stereocenters. The van der Waals surface area contributed by atoms with Crippen LogP contribution in [-0.2, 0) is 6.54 Å². The highest BCUT2D eigenvalue weighted by Gasteiger charge is 2.07. The van der Waals surface area contributed by atoms with Crippen LogP contribution in [0.15, 0.2) is 54.6 Å². The van der Waals surface area contributed by atoms with Gasteiger partial charge in [-0.1, -0.05) is 36.4 Å². The van der Waals surface area contributed by atoms with Gasteiger partial charge >= 0.3 is 0 Å². The fourth-order valence-corrected chi connectivity index (χ4v) is 2.40. The number of hydrogen-bond donors (Lipinski definition) is 3. The molecule has 2 rings (SSSR count). The fraction of sp³-hybridized carbons (Fsp3) is 0.222. The van der Waals surface area contributed by atoms with Gasteiger partial charge in [0.15, 0.2) is 5.11 Å². The number of benzene rings is 2. The molecule has 0 spiro atoms. The lowest BCUT2D eigenvalue weighted by Crippen LogP contribution is -2.34. The molecule has 0 fully saturated rings. The minimum absolute atomic E-state index is 0.111. The molecule has 0 aliphatic heterocycles. The van der Waals surface area contributed by atoms with E-state index in [2.05, 4.69) is 16.0 Å². The number of rotatable bonds is 5. The van der Waals surface area contributed by atoms with Gasteiger partial charge in [-0.2, -0.15) is 0 Å². The quantitative estimate of drug-likeness (QED) is 0.738. The van der Waals surface area contributed by atoms with Gasteiger partial charge in [-0.3, -0.25) is 4.79 Å². The number of carbonyl (C=O) groups excluding carboxylic acids is 1. The van der Waals surface area contributed by atoms with E-state index >= 15 is 0 Å². The standard InChI is InChI=1S/C18H21N3OS/c1-13(2)20-18(23)21-16-10-6-9-15(11-16)17(22)19-12-14-7-4-3-5-8-14/h3-11,13H,12H2,1-2H3,(H,19,22)(H2,20,21,23). The highest BCUT2D eigenvalue weighted by molar-refractivity contribution is 7.80. The molecule has 0 saturated carbocycles. The maximum atomic E-state index is 12.2. The third-order valence-corrected chi connectivity index (χ3v) is 3.32. The summed E-state index contributed by atoms with van der Waals surface area (Å²) in [5, 5.41) is 9.65. The van der Waals surface area contributed by atoms with Gasteiger partial charge in [0.25, 0.3) is 5.91 Å². The summed E-state index contributed by atoms with van der Waals surface area (Å²) in [5.41, 5.74) is 2.45. The zero-order valence-electron chi connectivity index (χ0n) is 13.3. The number of thiocarbonyl (C=S) groups is 1. The van der Waals surface area contributed by atoms with Crippen molar-refractivity contribution in [3.8, 4) is 0 Å². The van der Waals surface area contributed by atoms with Gasteiger partial charge in [0.2, 0.25) is 0 Å². The Morgan fingerprint density at radius 2 is 1.83 bits per heavy atom. The van der Waals surface area contributed by atoms with Crippen LogP contribution in [0.25, 0.3) is 0 Å². The number of amides is 1. The lowest BCUT2D eigenvalue weighted by Gasteiger charge is -2.13. The zero-order chi connectivity index (χ0) is 16.7. The summed E-state index contributed by atoms with van der Waals surface area (Å²) in [6.45, 7) is 4.54. The number of hydrogen-bond acceptors (Lipinski definition) is 2. The predicted octanol–water partition coefficient (Wildman–Crippen LogP) is 3.31. The molecule has 0 aliphatic carbocycles. The van der Waals surface area contributed by atoms with Crippen molar-refractivity contribution in [1.29, 1.82) is 0 Å². The molecule has 0 saturated heterocycles. The molecule has 4 nitrogen and oxygen atoms in total. The molecule has 0 heterocycles. The van der Waals surface area contributed by atoms with E-state index in [0.717, 1.165) is 11.3 Å². The molecule has 0 atom stereocenters. The minimum Gasteiger partial charge on any atom is -0.360 e. The maximum Gasteiger partial charge on any atom is 0.251 e. The summed E-state index contributed by atoms with van der Waals surface area (Å²) < 4.78 is 0. The monoisotopic (exact) mass is 327 g/mol. The van der Waals surface area contributed by atoms with E-state index < -0.39 is 0 Å². The lowest BCUT2D eigenvalue weighted by molar-refractivity contribution is 0.0951. The largest absolute Gasteiger partial charge is 0.360 e. The summed E-state index contributed by atoms with van der Waals surface area (Å²) in [6, 6.07) is 17.4. The molecule has 23 heavy (non-hydrogen) atoms. The van der Waals surface area contributed by atoms with E-state index in [4.69, 9.17) is 12.2 Å². The van der Waals surface area contributed by atoms with Gasteiger partial charge in [0.1, 0.15) is 0 Å². The summed E-state index contributed by atoms with van der Waals surface area (Å²) in [7, 11) is 0. The number of carbonyl (C=O) groups is 1. The van der Waals surface area contributed by atoms with E-state index in [1.807, 2.05) is 56.3 Å². The molecule has 120 valence electrons. The Kier molecular flexibility index (Phi) is 6.11. The van der Waals surface area contributed by atoms with Crippen LogP contribution in [0, 0.1) is 0 Å². The first-order valence-electron chi connectivity index (χ1n) is 7.54. The third kappa shape index (κ3) is 5.71. The molecule has 1 amide bonds. The van der Waals surface area contributed by atoms with Crippen molar-refractivity contribution >= 4 is 28.9 Å². The van der Waals surface area contributed by atoms with Crippen LogP contribution < -0.4 is 16.0 Å². The van der Waals surface area contributed by atoms with Crippen molar-refractivity contribution in [2.45, 2.75) is 26.4 Å². The molecule has 0 aromatic heterocycles. The molecule has 0 radical (unpaired) electrons. The van der Waals surface area contributed by atoms with Crippen molar-refractivity contribution in [2.24, 2.45) is 0 Å². The Balaban J connectivity index is 1.95. The van der Waals surface area contributed by atoms with E-state index in [0.29, 0.717) is 17.2 Å². The Labute approximate surface area is 142 Å². The van der Waals surface area contributed by atoms with Crippen LogP contribution in [0.4, 0.5) is 5.69 Å².